The molecule has 0 radical (unpaired) electrons. The van der Waals surface area contributed by atoms with E-state index in [9.17, 15) is 0 Å². The molecule has 3 aromatic rings. The number of methoxy groups -OCH3 is 1. The van der Waals surface area contributed by atoms with Crippen molar-refractivity contribution in [3.63, 3.8) is 0 Å². The number of H-pyrrole nitrogens is 1. The molecule has 8 nitrogen and oxygen atoms in total. The lowest BCUT2D eigenvalue weighted by molar-refractivity contribution is 0.411. The summed E-state index contributed by atoms with van der Waals surface area (Å²) in [7, 11) is 1.66. The number of hydrazone groups is 1. The van der Waals surface area contributed by atoms with Crippen LogP contribution in [0.4, 0.5) is 10.9 Å². The molecule has 0 saturated carbocycles. The van der Waals surface area contributed by atoms with E-state index in [-0.39, 0.29) is 0 Å². The Hall–Kier alpha value is -2.59. The molecule has 2 heterocycles. The van der Waals surface area contributed by atoms with Crippen molar-refractivity contribution in [2.75, 3.05) is 18.3 Å². The first-order valence-electron chi connectivity index (χ1n) is 7.33. The minimum atomic E-state index is 0.480. The van der Waals surface area contributed by atoms with Crippen LogP contribution in [0.3, 0.4) is 0 Å². The fraction of sp³-hybridized carbons (Fsp3) is 0.200. The predicted molar refractivity (Wildman–Crippen MR) is 101 cm³/mol. The van der Waals surface area contributed by atoms with Gasteiger partial charge in [0, 0.05) is 16.7 Å². The van der Waals surface area contributed by atoms with Gasteiger partial charge in [-0.25, -0.2) is 9.97 Å². The van der Waals surface area contributed by atoms with Crippen molar-refractivity contribution in [2.45, 2.75) is 17.8 Å². The van der Waals surface area contributed by atoms with Crippen LogP contribution in [-0.2, 0) is 5.75 Å². The second-order valence-electron chi connectivity index (χ2n) is 5.01. The van der Waals surface area contributed by atoms with E-state index in [1.165, 1.54) is 11.3 Å². The van der Waals surface area contributed by atoms with Gasteiger partial charge in [-0.15, -0.1) is 16.4 Å². The third kappa shape index (κ3) is 4.70. The minimum Gasteiger partial charge on any atom is -0.496 e. The molecule has 0 aliphatic carbocycles. The monoisotopic (exact) mass is 375 g/mol. The normalized spacial score (nSPS) is 11.1. The SMILES string of the molecule is COc1ccc(C=NNc2nc(N)cs2)cc1CSc1n[nH]c(C)n1. The highest BCUT2D eigenvalue weighted by Gasteiger charge is 2.07. The first kappa shape index (κ1) is 17.2. The van der Waals surface area contributed by atoms with Crippen LogP contribution in [0, 0.1) is 6.92 Å². The lowest BCUT2D eigenvalue weighted by Gasteiger charge is -2.08. The summed E-state index contributed by atoms with van der Waals surface area (Å²) in [5.74, 6) is 2.79. The molecule has 0 aliphatic heterocycles. The smallest absolute Gasteiger partial charge is 0.208 e. The molecule has 2 aromatic heterocycles. The van der Waals surface area contributed by atoms with Gasteiger partial charge in [-0.1, -0.05) is 11.8 Å². The van der Waals surface area contributed by atoms with Crippen molar-refractivity contribution >= 4 is 40.3 Å². The Bertz CT molecular complexity index is 874. The van der Waals surface area contributed by atoms with Gasteiger partial charge in [0.1, 0.15) is 17.4 Å². The fourth-order valence-corrected chi connectivity index (χ4v) is 3.39. The number of ether oxygens (including phenoxy) is 1. The second-order valence-corrected chi connectivity index (χ2v) is 6.81. The third-order valence-electron chi connectivity index (χ3n) is 3.13. The first-order valence-corrected chi connectivity index (χ1v) is 9.19. The van der Waals surface area contributed by atoms with Gasteiger partial charge >= 0.3 is 0 Å². The Morgan fingerprint density at radius 2 is 2.32 bits per heavy atom. The summed E-state index contributed by atoms with van der Waals surface area (Å²) in [6.45, 7) is 1.87. The molecular weight excluding hydrogens is 358 g/mol. The highest BCUT2D eigenvalue weighted by atomic mass is 32.2. The molecule has 25 heavy (non-hydrogen) atoms. The van der Waals surface area contributed by atoms with Gasteiger partial charge in [-0.05, 0) is 30.7 Å². The van der Waals surface area contributed by atoms with Gasteiger partial charge in [-0.2, -0.15) is 5.10 Å². The number of benzene rings is 1. The van der Waals surface area contributed by atoms with Crippen molar-refractivity contribution < 1.29 is 4.74 Å². The molecule has 0 aliphatic rings. The van der Waals surface area contributed by atoms with E-state index in [0.29, 0.717) is 21.9 Å². The number of thioether (sulfide) groups is 1. The maximum Gasteiger partial charge on any atom is 0.208 e. The zero-order valence-electron chi connectivity index (χ0n) is 13.7. The van der Waals surface area contributed by atoms with Crippen molar-refractivity contribution in [2.24, 2.45) is 5.10 Å². The van der Waals surface area contributed by atoms with E-state index in [2.05, 4.69) is 30.7 Å². The van der Waals surface area contributed by atoms with E-state index >= 15 is 0 Å². The Balaban J connectivity index is 1.68. The lowest BCUT2D eigenvalue weighted by Crippen LogP contribution is -1.95. The number of anilines is 2. The zero-order valence-corrected chi connectivity index (χ0v) is 15.3. The van der Waals surface area contributed by atoms with Crippen LogP contribution >= 0.6 is 23.1 Å². The summed E-state index contributed by atoms with van der Waals surface area (Å²) in [6, 6.07) is 5.87. The van der Waals surface area contributed by atoms with Gasteiger partial charge in [0.25, 0.3) is 0 Å². The van der Waals surface area contributed by atoms with Crippen LogP contribution in [0.5, 0.6) is 5.75 Å². The molecule has 3 rings (SSSR count). The van der Waals surface area contributed by atoms with E-state index in [1.807, 2.05) is 25.1 Å². The maximum atomic E-state index is 5.57. The molecule has 0 atom stereocenters. The van der Waals surface area contributed by atoms with Crippen LogP contribution in [0.25, 0.3) is 0 Å². The highest BCUT2D eigenvalue weighted by Crippen LogP contribution is 2.27. The van der Waals surface area contributed by atoms with Gasteiger partial charge in [0.05, 0.1) is 13.3 Å². The number of nitrogens with two attached hydrogens (primary N) is 1. The second kappa shape index (κ2) is 7.99. The number of nitrogens with zero attached hydrogens (tertiary/aromatic N) is 4. The molecule has 4 N–H and O–H groups in total. The molecule has 0 amide bonds. The predicted octanol–water partition coefficient (Wildman–Crippen LogP) is 2.90. The summed E-state index contributed by atoms with van der Waals surface area (Å²) < 4.78 is 5.43. The largest absolute Gasteiger partial charge is 0.496 e. The Morgan fingerprint density at radius 1 is 1.44 bits per heavy atom. The molecule has 0 fully saturated rings. The average molecular weight is 375 g/mol. The van der Waals surface area contributed by atoms with Gasteiger partial charge < -0.3 is 10.5 Å². The van der Waals surface area contributed by atoms with Crippen molar-refractivity contribution in [1.82, 2.24) is 20.2 Å². The van der Waals surface area contributed by atoms with E-state index in [0.717, 1.165) is 22.7 Å². The van der Waals surface area contributed by atoms with Crippen LogP contribution in [-0.4, -0.2) is 33.5 Å². The number of nitrogens with one attached hydrogen (secondary N) is 2. The molecule has 10 heteroatoms. The molecule has 0 saturated heterocycles. The number of aromatic nitrogens is 4. The van der Waals surface area contributed by atoms with Gasteiger partial charge in [-0.3, -0.25) is 10.5 Å². The lowest BCUT2D eigenvalue weighted by atomic mass is 10.1. The minimum absolute atomic E-state index is 0.480. The van der Waals surface area contributed by atoms with Gasteiger partial charge in [0.15, 0.2) is 0 Å². The number of rotatable bonds is 7. The summed E-state index contributed by atoms with van der Waals surface area (Å²) in [4.78, 5) is 8.38. The van der Waals surface area contributed by atoms with E-state index in [4.69, 9.17) is 10.5 Å². The average Bonchev–Trinajstić information content (AvgIpc) is 3.21. The highest BCUT2D eigenvalue weighted by molar-refractivity contribution is 7.98. The number of aromatic amines is 1. The number of thiazole rings is 1. The van der Waals surface area contributed by atoms with Crippen LogP contribution in [0.1, 0.15) is 17.0 Å². The summed E-state index contributed by atoms with van der Waals surface area (Å²) >= 11 is 2.94. The Labute approximate surface area is 152 Å². The van der Waals surface area contributed by atoms with E-state index in [1.54, 1.807) is 30.5 Å². The van der Waals surface area contributed by atoms with Crippen molar-refractivity contribution in [3.8, 4) is 5.75 Å². The summed E-state index contributed by atoms with van der Waals surface area (Å²) in [5, 5.41) is 14.3. The number of aryl methyl sites for hydroxylation is 1. The maximum absolute atomic E-state index is 5.57. The number of hydrogen-bond acceptors (Lipinski definition) is 9. The summed E-state index contributed by atoms with van der Waals surface area (Å²) in [5.41, 5.74) is 10.4. The molecule has 0 spiro atoms. The van der Waals surface area contributed by atoms with Crippen molar-refractivity contribution in [3.05, 3.63) is 40.5 Å². The molecular formula is C15H17N7OS2. The van der Waals surface area contributed by atoms with Crippen molar-refractivity contribution in [1.29, 1.82) is 0 Å². The first-order chi connectivity index (χ1) is 12.1. The standard InChI is InChI=1S/C15H17N7OS2/c1-9-18-14(22-20-9)24-7-11-5-10(3-4-12(11)23-2)6-17-21-15-19-13(16)8-25-15/h3-6,8H,7,16H2,1-2H3,(H,19,21)(H,18,20,22). The molecule has 0 bridgehead atoms. The molecule has 1 aromatic carbocycles. The quantitative estimate of drug-likeness (QED) is 0.330. The number of nitrogen functional groups attached to an aromatic ring is 1. The topological polar surface area (TPSA) is 114 Å². The number of hydrogen-bond donors (Lipinski definition) is 3. The summed E-state index contributed by atoms with van der Waals surface area (Å²) in [6.07, 6.45) is 1.72. The van der Waals surface area contributed by atoms with Crippen LogP contribution in [0.15, 0.2) is 33.8 Å². The fourth-order valence-electron chi connectivity index (χ4n) is 2.02. The Kier molecular flexibility index (Phi) is 5.51. The molecule has 130 valence electrons. The Morgan fingerprint density at radius 3 is 3.00 bits per heavy atom. The third-order valence-corrected chi connectivity index (χ3v) is 4.79. The van der Waals surface area contributed by atoms with Crippen LogP contribution in [0.2, 0.25) is 0 Å². The molecule has 0 unspecified atom stereocenters. The van der Waals surface area contributed by atoms with Crippen LogP contribution < -0.4 is 15.9 Å². The van der Waals surface area contributed by atoms with E-state index < -0.39 is 0 Å². The van der Waals surface area contributed by atoms with Gasteiger partial charge in [0.2, 0.25) is 10.3 Å². The zero-order chi connectivity index (χ0) is 17.6.